The lowest BCUT2D eigenvalue weighted by Gasteiger charge is -2.31. The van der Waals surface area contributed by atoms with Crippen LogP contribution in [0.15, 0.2) is 60.7 Å². The molecule has 3 atom stereocenters. The van der Waals surface area contributed by atoms with Crippen LogP contribution in [0, 0.1) is 5.92 Å². The van der Waals surface area contributed by atoms with E-state index in [2.05, 4.69) is 29.2 Å². The minimum Gasteiger partial charge on any atom is -0.444 e. The first-order chi connectivity index (χ1) is 14.8. The van der Waals surface area contributed by atoms with Crippen LogP contribution in [0.1, 0.15) is 44.2 Å². The lowest BCUT2D eigenvalue weighted by molar-refractivity contribution is -0.123. The molecule has 0 N–H and O–H groups in total. The Labute approximate surface area is 185 Å². The standard InChI is InChI=1S/C26H32N2O3/c1-26(2,3)31-25(30)27-15-14-23(29)24-21(20-12-8-5-9-13-20)17-28(22(24)18-27)16-19-10-6-4-7-11-19/h4-13,21-22,24H,14-18H2,1-3H3/t21-,22-,24-/m0/s1. The molecule has 2 aliphatic heterocycles. The Bertz CT molecular complexity index is 907. The molecular weight excluding hydrogens is 388 g/mol. The first-order valence-electron chi connectivity index (χ1n) is 11.2. The quantitative estimate of drug-likeness (QED) is 0.735. The molecule has 2 heterocycles. The van der Waals surface area contributed by atoms with Crippen molar-refractivity contribution in [1.82, 2.24) is 9.80 Å². The normalized spacial score (nSPS) is 24.5. The minimum atomic E-state index is -0.557. The SMILES string of the molecule is CC(C)(C)OC(=O)N1CCC(=O)[C@H]2[C@H](c3ccccc3)CN(Cc3ccccc3)[C@H]2C1. The van der Waals surface area contributed by atoms with E-state index in [4.69, 9.17) is 4.74 Å². The summed E-state index contributed by atoms with van der Waals surface area (Å²) in [6.45, 7) is 8.13. The number of fused-ring (bicyclic) bond motifs is 1. The largest absolute Gasteiger partial charge is 0.444 e. The van der Waals surface area contributed by atoms with Gasteiger partial charge in [0.1, 0.15) is 11.4 Å². The molecule has 4 rings (SSSR count). The number of rotatable bonds is 3. The van der Waals surface area contributed by atoms with Crippen LogP contribution in [-0.4, -0.2) is 53.0 Å². The lowest BCUT2D eigenvalue weighted by Crippen LogP contribution is -2.45. The molecular formula is C26H32N2O3. The van der Waals surface area contributed by atoms with E-state index in [0.29, 0.717) is 19.5 Å². The van der Waals surface area contributed by atoms with Gasteiger partial charge in [-0.3, -0.25) is 9.69 Å². The number of carbonyl (C=O) groups is 2. The highest BCUT2D eigenvalue weighted by Gasteiger charge is 2.48. The molecule has 0 aliphatic carbocycles. The average Bonchev–Trinajstić information content (AvgIpc) is 2.98. The predicted molar refractivity (Wildman–Crippen MR) is 121 cm³/mol. The van der Waals surface area contributed by atoms with Crippen molar-refractivity contribution in [3.8, 4) is 0 Å². The molecule has 0 unspecified atom stereocenters. The summed E-state index contributed by atoms with van der Waals surface area (Å²) in [6, 6.07) is 20.7. The Hall–Kier alpha value is -2.66. The van der Waals surface area contributed by atoms with Crippen molar-refractivity contribution in [2.24, 2.45) is 5.92 Å². The van der Waals surface area contributed by atoms with Crippen LogP contribution in [0.25, 0.3) is 0 Å². The van der Waals surface area contributed by atoms with Crippen molar-refractivity contribution in [3.05, 3.63) is 71.8 Å². The third-order valence-corrected chi connectivity index (χ3v) is 6.26. The molecule has 2 aromatic rings. The van der Waals surface area contributed by atoms with Crippen LogP contribution < -0.4 is 0 Å². The second-order valence-corrected chi connectivity index (χ2v) is 9.67. The van der Waals surface area contributed by atoms with Gasteiger partial charge in [0.05, 0.1) is 0 Å². The molecule has 0 saturated carbocycles. The lowest BCUT2D eigenvalue weighted by atomic mass is 9.82. The molecule has 0 bridgehead atoms. The number of hydrogen-bond donors (Lipinski definition) is 0. The average molecular weight is 421 g/mol. The van der Waals surface area contributed by atoms with Crippen LogP contribution in [-0.2, 0) is 16.1 Å². The second-order valence-electron chi connectivity index (χ2n) is 9.67. The smallest absolute Gasteiger partial charge is 0.410 e. The van der Waals surface area contributed by atoms with Crippen molar-refractivity contribution >= 4 is 11.9 Å². The summed E-state index contributed by atoms with van der Waals surface area (Å²) in [5, 5.41) is 0. The molecule has 2 aliphatic rings. The maximum absolute atomic E-state index is 13.3. The van der Waals surface area contributed by atoms with Crippen LogP contribution in [0.4, 0.5) is 4.79 Å². The Kier molecular flexibility index (Phi) is 6.15. The maximum Gasteiger partial charge on any atom is 0.410 e. The number of hydrogen-bond acceptors (Lipinski definition) is 4. The minimum absolute atomic E-state index is 0.0204. The molecule has 0 aromatic heterocycles. The first kappa shape index (κ1) is 21.6. The Morgan fingerprint density at radius 2 is 1.65 bits per heavy atom. The molecule has 2 aromatic carbocycles. The van der Waals surface area contributed by atoms with Crippen molar-refractivity contribution in [2.45, 2.75) is 51.3 Å². The number of benzene rings is 2. The second kappa shape index (κ2) is 8.83. The number of nitrogens with zero attached hydrogens (tertiary/aromatic N) is 2. The Morgan fingerprint density at radius 3 is 2.29 bits per heavy atom. The molecule has 164 valence electrons. The molecule has 31 heavy (non-hydrogen) atoms. The first-order valence-corrected chi connectivity index (χ1v) is 11.2. The van der Waals surface area contributed by atoms with Crippen molar-refractivity contribution in [3.63, 3.8) is 0 Å². The number of ketones is 1. The van der Waals surface area contributed by atoms with Crippen molar-refractivity contribution in [1.29, 1.82) is 0 Å². The van der Waals surface area contributed by atoms with Crippen LogP contribution in [0.2, 0.25) is 0 Å². The van der Waals surface area contributed by atoms with Gasteiger partial charge < -0.3 is 9.64 Å². The zero-order valence-electron chi connectivity index (χ0n) is 18.7. The highest BCUT2D eigenvalue weighted by molar-refractivity contribution is 5.84. The molecule has 2 saturated heterocycles. The van der Waals surface area contributed by atoms with E-state index in [9.17, 15) is 9.59 Å². The van der Waals surface area contributed by atoms with Gasteiger partial charge in [0.25, 0.3) is 0 Å². The summed E-state index contributed by atoms with van der Waals surface area (Å²) in [7, 11) is 0. The van der Waals surface area contributed by atoms with Gasteiger partial charge in [0, 0.05) is 50.5 Å². The number of Topliss-reactive ketones (excluding diaryl/α,β-unsaturated/α-hetero) is 1. The van der Waals surface area contributed by atoms with Crippen LogP contribution in [0.3, 0.4) is 0 Å². The number of ether oxygens (including phenoxy) is 1. The fourth-order valence-electron chi connectivity index (χ4n) is 4.90. The van der Waals surface area contributed by atoms with Gasteiger partial charge in [-0.1, -0.05) is 60.7 Å². The summed E-state index contributed by atoms with van der Waals surface area (Å²) >= 11 is 0. The van der Waals surface area contributed by atoms with Gasteiger partial charge in [0.15, 0.2) is 0 Å². The highest BCUT2D eigenvalue weighted by Crippen LogP contribution is 2.41. The molecule has 0 spiro atoms. The third-order valence-electron chi connectivity index (χ3n) is 6.26. The number of likely N-dealkylation sites (tertiary alicyclic amines) is 2. The van der Waals surface area contributed by atoms with Gasteiger partial charge in [0.2, 0.25) is 0 Å². The Balaban J connectivity index is 1.64. The van der Waals surface area contributed by atoms with Gasteiger partial charge in [-0.05, 0) is 31.9 Å². The zero-order chi connectivity index (χ0) is 22.0. The van der Waals surface area contributed by atoms with E-state index in [-0.39, 0.29) is 29.8 Å². The number of amides is 1. The molecule has 5 heteroatoms. The van der Waals surface area contributed by atoms with Crippen LogP contribution >= 0.6 is 0 Å². The molecule has 1 amide bonds. The van der Waals surface area contributed by atoms with Gasteiger partial charge >= 0.3 is 6.09 Å². The summed E-state index contributed by atoms with van der Waals surface area (Å²) in [6.07, 6.45) is 0.0481. The van der Waals surface area contributed by atoms with Crippen molar-refractivity contribution in [2.75, 3.05) is 19.6 Å². The third kappa shape index (κ3) is 4.99. The Morgan fingerprint density at radius 1 is 1.00 bits per heavy atom. The fourth-order valence-corrected chi connectivity index (χ4v) is 4.90. The van der Waals surface area contributed by atoms with Gasteiger partial charge in [-0.15, -0.1) is 0 Å². The zero-order valence-corrected chi connectivity index (χ0v) is 18.7. The van der Waals surface area contributed by atoms with E-state index in [1.807, 2.05) is 57.2 Å². The van der Waals surface area contributed by atoms with E-state index in [1.165, 1.54) is 11.1 Å². The maximum atomic E-state index is 13.3. The van der Waals surface area contributed by atoms with E-state index >= 15 is 0 Å². The van der Waals surface area contributed by atoms with E-state index in [1.54, 1.807) is 4.90 Å². The van der Waals surface area contributed by atoms with Crippen LogP contribution in [0.5, 0.6) is 0 Å². The summed E-state index contributed by atoms with van der Waals surface area (Å²) in [5.41, 5.74) is 1.86. The molecule has 2 fully saturated rings. The fraction of sp³-hybridized carbons (Fsp3) is 0.462. The predicted octanol–water partition coefficient (Wildman–Crippen LogP) is 4.48. The van der Waals surface area contributed by atoms with E-state index in [0.717, 1.165) is 13.1 Å². The monoisotopic (exact) mass is 420 g/mol. The molecule has 0 radical (unpaired) electrons. The number of carbonyl (C=O) groups excluding carboxylic acids is 2. The summed E-state index contributed by atoms with van der Waals surface area (Å²) < 4.78 is 5.64. The summed E-state index contributed by atoms with van der Waals surface area (Å²) in [5.74, 6) is 0.278. The highest BCUT2D eigenvalue weighted by atomic mass is 16.6. The van der Waals surface area contributed by atoms with Gasteiger partial charge in [-0.2, -0.15) is 0 Å². The van der Waals surface area contributed by atoms with E-state index < -0.39 is 5.60 Å². The molecule has 5 nitrogen and oxygen atoms in total. The summed E-state index contributed by atoms with van der Waals surface area (Å²) in [4.78, 5) is 30.3. The topological polar surface area (TPSA) is 49.9 Å². The van der Waals surface area contributed by atoms with Crippen molar-refractivity contribution < 1.29 is 14.3 Å². The van der Waals surface area contributed by atoms with Gasteiger partial charge in [-0.25, -0.2) is 4.79 Å².